The van der Waals surface area contributed by atoms with E-state index >= 15 is 0 Å². The first-order valence-corrected chi connectivity index (χ1v) is 8.16. The van der Waals surface area contributed by atoms with Gasteiger partial charge in [0.1, 0.15) is 5.75 Å². The highest BCUT2D eigenvalue weighted by atomic mass is 35.5. The molecule has 150 valence electrons. The number of halogens is 5. The normalized spacial score (nSPS) is 16.0. The minimum absolute atomic E-state index is 0. The molecule has 1 aliphatic heterocycles. The molecule has 2 aromatic rings. The van der Waals surface area contributed by atoms with Crippen molar-refractivity contribution in [2.24, 2.45) is 0 Å². The van der Waals surface area contributed by atoms with Gasteiger partial charge in [-0.3, -0.25) is 9.88 Å². The molecule has 9 heteroatoms. The van der Waals surface area contributed by atoms with Crippen molar-refractivity contribution >= 4 is 24.8 Å². The van der Waals surface area contributed by atoms with E-state index in [0.717, 1.165) is 43.1 Å². The lowest BCUT2D eigenvalue weighted by molar-refractivity contribution is -0.274. The molecule has 1 atom stereocenters. The van der Waals surface area contributed by atoms with Crippen LogP contribution in [-0.2, 0) is 0 Å². The van der Waals surface area contributed by atoms with Crippen molar-refractivity contribution in [2.45, 2.75) is 19.3 Å². The molecule has 1 aromatic carbocycles. The van der Waals surface area contributed by atoms with Crippen molar-refractivity contribution in [2.75, 3.05) is 26.2 Å². The van der Waals surface area contributed by atoms with E-state index < -0.39 is 6.36 Å². The molecule has 0 aliphatic carbocycles. The maximum absolute atomic E-state index is 12.4. The van der Waals surface area contributed by atoms with Crippen LogP contribution in [0.2, 0.25) is 0 Å². The third-order valence-corrected chi connectivity index (χ3v) is 4.14. The van der Waals surface area contributed by atoms with Crippen molar-refractivity contribution in [3.8, 4) is 5.75 Å². The summed E-state index contributed by atoms with van der Waals surface area (Å²) in [5, 5.41) is 3.31. The van der Waals surface area contributed by atoms with E-state index in [2.05, 4.69) is 19.9 Å². The highest BCUT2D eigenvalue weighted by molar-refractivity contribution is 5.85. The van der Waals surface area contributed by atoms with Gasteiger partial charge in [-0.05, 0) is 36.8 Å². The Kier molecular flexibility index (Phi) is 8.81. The molecule has 27 heavy (non-hydrogen) atoms. The summed E-state index contributed by atoms with van der Waals surface area (Å²) >= 11 is 0. The van der Waals surface area contributed by atoms with Crippen molar-refractivity contribution in [1.29, 1.82) is 0 Å². The topological polar surface area (TPSA) is 37.4 Å². The van der Waals surface area contributed by atoms with Crippen LogP contribution in [0.15, 0.2) is 42.5 Å². The van der Waals surface area contributed by atoms with Crippen LogP contribution in [0.25, 0.3) is 0 Å². The number of piperazine rings is 1. The van der Waals surface area contributed by atoms with Gasteiger partial charge in [0, 0.05) is 31.9 Å². The van der Waals surface area contributed by atoms with Crippen molar-refractivity contribution in [3.05, 3.63) is 59.4 Å². The second-order valence-corrected chi connectivity index (χ2v) is 6.01. The van der Waals surface area contributed by atoms with E-state index in [1.165, 1.54) is 12.1 Å². The second-order valence-electron chi connectivity index (χ2n) is 6.01. The number of alkyl halides is 3. The van der Waals surface area contributed by atoms with Gasteiger partial charge in [-0.15, -0.1) is 38.0 Å². The van der Waals surface area contributed by atoms with Gasteiger partial charge in [0.2, 0.25) is 0 Å². The molecule has 1 saturated heterocycles. The molecule has 1 N–H and O–H groups in total. The van der Waals surface area contributed by atoms with E-state index in [9.17, 15) is 13.2 Å². The lowest BCUT2D eigenvalue weighted by Crippen LogP contribution is -2.45. The number of hydrogen-bond acceptors (Lipinski definition) is 4. The summed E-state index contributed by atoms with van der Waals surface area (Å²) in [5.41, 5.74) is 2.70. The lowest BCUT2D eigenvalue weighted by Gasteiger charge is -2.35. The minimum Gasteiger partial charge on any atom is -0.406 e. The predicted molar refractivity (Wildman–Crippen MR) is 103 cm³/mol. The molecular formula is C18H22Cl2F3N3O. The molecule has 1 fully saturated rings. The summed E-state index contributed by atoms with van der Waals surface area (Å²) in [6.07, 6.45) is -4.68. The minimum atomic E-state index is -4.68. The maximum Gasteiger partial charge on any atom is 0.573 e. The molecule has 0 unspecified atom stereocenters. The van der Waals surface area contributed by atoms with Gasteiger partial charge in [-0.2, -0.15) is 0 Å². The van der Waals surface area contributed by atoms with E-state index in [0.29, 0.717) is 0 Å². The Morgan fingerprint density at radius 1 is 1.04 bits per heavy atom. The summed E-state index contributed by atoms with van der Waals surface area (Å²) in [7, 11) is 0. The predicted octanol–water partition coefficient (Wildman–Crippen LogP) is 4.13. The largest absolute Gasteiger partial charge is 0.573 e. The zero-order chi connectivity index (χ0) is 17.9. The SMILES string of the molecule is Cc1cccc([C@@H](c2ccc(OC(F)(F)F)cc2)N2CCNCC2)n1.Cl.Cl. The standard InChI is InChI=1S/C18H20F3N3O.2ClH/c1-13-3-2-4-16(23-13)17(24-11-9-22-10-12-24)14-5-7-15(8-6-14)25-18(19,20)21;;/h2-8,17,22H,9-12H2,1H3;2*1H/t17-;;/m1../s1. The van der Waals surface area contributed by atoms with Crippen molar-refractivity contribution < 1.29 is 17.9 Å². The van der Waals surface area contributed by atoms with Crippen LogP contribution in [0.4, 0.5) is 13.2 Å². The molecule has 0 amide bonds. The third-order valence-electron chi connectivity index (χ3n) is 4.14. The number of aryl methyl sites for hydroxylation is 1. The molecule has 0 bridgehead atoms. The van der Waals surface area contributed by atoms with Gasteiger partial charge in [0.05, 0.1) is 11.7 Å². The van der Waals surface area contributed by atoms with Crippen molar-refractivity contribution in [1.82, 2.24) is 15.2 Å². The molecule has 0 spiro atoms. The Hall–Kier alpha value is -1.54. The first-order valence-electron chi connectivity index (χ1n) is 8.16. The molecule has 0 saturated carbocycles. The van der Waals surface area contributed by atoms with Crippen LogP contribution in [-0.4, -0.2) is 42.4 Å². The third kappa shape index (κ3) is 6.53. The van der Waals surface area contributed by atoms with Crippen LogP contribution >= 0.6 is 24.8 Å². The zero-order valence-electron chi connectivity index (χ0n) is 14.7. The summed E-state index contributed by atoms with van der Waals surface area (Å²) in [4.78, 5) is 6.92. The fourth-order valence-corrected chi connectivity index (χ4v) is 3.08. The summed E-state index contributed by atoms with van der Waals surface area (Å²) < 4.78 is 41.0. The zero-order valence-corrected chi connectivity index (χ0v) is 16.3. The number of benzene rings is 1. The van der Waals surface area contributed by atoms with E-state index in [1.54, 1.807) is 12.1 Å². The summed E-state index contributed by atoms with van der Waals surface area (Å²) in [5.74, 6) is -0.215. The highest BCUT2D eigenvalue weighted by Crippen LogP contribution is 2.30. The number of nitrogens with one attached hydrogen (secondary N) is 1. The fraction of sp³-hybridized carbons (Fsp3) is 0.389. The lowest BCUT2D eigenvalue weighted by atomic mass is 10.00. The molecule has 0 radical (unpaired) electrons. The highest BCUT2D eigenvalue weighted by Gasteiger charge is 2.31. The number of pyridine rings is 1. The molecule has 2 heterocycles. The molecular weight excluding hydrogens is 402 g/mol. The van der Waals surface area contributed by atoms with Gasteiger partial charge in [-0.1, -0.05) is 18.2 Å². The number of ether oxygens (including phenoxy) is 1. The number of nitrogens with zero attached hydrogens (tertiary/aromatic N) is 2. The Labute approximate surface area is 168 Å². The van der Waals surface area contributed by atoms with E-state index in [-0.39, 0.29) is 36.6 Å². The average Bonchev–Trinajstić information content (AvgIpc) is 2.56. The second kappa shape index (κ2) is 10.1. The van der Waals surface area contributed by atoms with Gasteiger partial charge in [0.15, 0.2) is 0 Å². The monoisotopic (exact) mass is 423 g/mol. The molecule has 1 aliphatic rings. The molecule has 3 rings (SSSR count). The number of hydrogen-bond donors (Lipinski definition) is 1. The quantitative estimate of drug-likeness (QED) is 0.801. The number of rotatable bonds is 4. The van der Waals surface area contributed by atoms with Crippen LogP contribution < -0.4 is 10.1 Å². The Bertz CT molecular complexity index is 708. The van der Waals surface area contributed by atoms with Crippen LogP contribution in [0.3, 0.4) is 0 Å². The number of aromatic nitrogens is 1. The average molecular weight is 424 g/mol. The maximum atomic E-state index is 12.4. The van der Waals surface area contributed by atoms with E-state index in [1.807, 2.05) is 25.1 Å². The van der Waals surface area contributed by atoms with Gasteiger partial charge in [0.25, 0.3) is 0 Å². The first kappa shape index (κ1) is 23.5. The molecule has 4 nitrogen and oxygen atoms in total. The molecule has 1 aromatic heterocycles. The Balaban J connectivity index is 0.00000182. The van der Waals surface area contributed by atoms with E-state index in [4.69, 9.17) is 0 Å². The first-order chi connectivity index (χ1) is 11.9. The van der Waals surface area contributed by atoms with Crippen LogP contribution in [0, 0.1) is 6.92 Å². The van der Waals surface area contributed by atoms with Crippen molar-refractivity contribution in [3.63, 3.8) is 0 Å². The Morgan fingerprint density at radius 3 is 2.22 bits per heavy atom. The fourth-order valence-electron chi connectivity index (χ4n) is 3.08. The summed E-state index contributed by atoms with van der Waals surface area (Å²) in [6, 6.07) is 11.8. The van der Waals surface area contributed by atoms with Crippen LogP contribution in [0.1, 0.15) is 23.0 Å². The Morgan fingerprint density at radius 2 is 1.67 bits per heavy atom. The van der Waals surface area contributed by atoms with Crippen LogP contribution in [0.5, 0.6) is 5.75 Å². The van der Waals surface area contributed by atoms with Gasteiger partial charge in [-0.25, -0.2) is 0 Å². The smallest absolute Gasteiger partial charge is 0.406 e. The summed E-state index contributed by atoms with van der Waals surface area (Å²) in [6.45, 7) is 5.37. The van der Waals surface area contributed by atoms with Gasteiger partial charge < -0.3 is 10.1 Å². The van der Waals surface area contributed by atoms with Gasteiger partial charge >= 0.3 is 6.36 Å².